The number of pyridine rings is 1. The van der Waals surface area contributed by atoms with Gasteiger partial charge in [0.05, 0.1) is 0 Å². The Morgan fingerprint density at radius 2 is 1.79 bits per heavy atom. The molecule has 0 saturated heterocycles. The van der Waals surface area contributed by atoms with Gasteiger partial charge in [-0.25, -0.2) is 14.8 Å². The van der Waals surface area contributed by atoms with Crippen molar-refractivity contribution < 1.29 is 4.79 Å². The van der Waals surface area contributed by atoms with Crippen LogP contribution in [-0.2, 0) is 12.8 Å². The molecule has 0 unspecified atom stereocenters. The molecule has 0 aliphatic rings. The molecule has 4 aromatic rings. The molecule has 6 heteroatoms. The molecule has 2 N–H and O–H groups in total. The molecule has 146 valence electrons. The Hall–Kier alpha value is -3.67. The number of urea groups is 1. The smallest absolute Gasteiger partial charge is 0.319 e. The minimum Gasteiger partial charge on any atom is -0.337 e. The second-order valence-electron chi connectivity index (χ2n) is 6.73. The number of para-hydroxylation sites is 1. The fourth-order valence-corrected chi connectivity index (χ4v) is 3.26. The Kier molecular flexibility index (Phi) is 5.52. The lowest BCUT2D eigenvalue weighted by Crippen LogP contribution is -2.30. The van der Waals surface area contributed by atoms with Crippen molar-refractivity contribution in [2.75, 3.05) is 11.9 Å². The topological polar surface area (TPSA) is 71.8 Å². The van der Waals surface area contributed by atoms with Gasteiger partial charge in [0.1, 0.15) is 11.3 Å². The van der Waals surface area contributed by atoms with Crippen LogP contribution in [0.15, 0.2) is 72.9 Å². The molecule has 6 nitrogen and oxygen atoms in total. The molecule has 0 bridgehead atoms. The zero-order valence-electron chi connectivity index (χ0n) is 16.3. The highest BCUT2D eigenvalue weighted by molar-refractivity contribution is 5.89. The summed E-state index contributed by atoms with van der Waals surface area (Å²) in [5.41, 5.74) is 4.68. The number of carbonyl (C=O) groups is 1. The predicted octanol–water partition coefficient (Wildman–Crippen LogP) is 4.35. The molecule has 0 aliphatic carbocycles. The summed E-state index contributed by atoms with van der Waals surface area (Å²) in [4.78, 5) is 21.4. The molecule has 0 saturated carbocycles. The number of fused-ring (bicyclic) bond motifs is 1. The van der Waals surface area contributed by atoms with Gasteiger partial charge in [-0.3, -0.25) is 4.57 Å². The number of amides is 2. The first-order chi connectivity index (χ1) is 14.2. The fraction of sp³-hybridized carbons (Fsp3) is 0.174. The monoisotopic (exact) mass is 385 g/mol. The summed E-state index contributed by atoms with van der Waals surface area (Å²) < 4.78 is 2.04. The normalized spacial score (nSPS) is 10.8. The maximum atomic E-state index is 12.2. The maximum Gasteiger partial charge on any atom is 0.319 e. The molecule has 2 amide bonds. The summed E-state index contributed by atoms with van der Waals surface area (Å²) in [7, 11) is 0. The van der Waals surface area contributed by atoms with E-state index < -0.39 is 0 Å². The van der Waals surface area contributed by atoms with E-state index in [-0.39, 0.29) is 6.03 Å². The number of benzene rings is 2. The molecule has 2 aromatic carbocycles. The Morgan fingerprint density at radius 1 is 1.00 bits per heavy atom. The van der Waals surface area contributed by atoms with Crippen LogP contribution in [0.2, 0.25) is 0 Å². The Labute approximate surface area is 169 Å². The maximum absolute atomic E-state index is 12.2. The third-order valence-corrected chi connectivity index (χ3v) is 4.75. The zero-order valence-corrected chi connectivity index (χ0v) is 16.3. The average molecular weight is 385 g/mol. The fourth-order valence-electron chi connectivity index (χ4n) is 3.26. The second kappa shape index (κ2) is 8.56. The van der Waals surface area contributed by atoms with E-state index >= 15 is 0 Å². The summed E-state index contributed by atoms with van der Waals surface area (Å²) in [6, 6.07) is 21.5. The number of anilines is 1. The molecule has 0 atom stereocenters. The van der Waals surface area contributed by atoms with Crippen LogP contribution in [0.25, 0.3) is 16.9 Å². The van der Waals surface area contributed by atoms with Crippen molar-refractivity contribution in [2.45, 2.75) is 19.8 Å². The zero-order chi connectivity index (χ0) is 20.1. The van der Waals surface area contributed by atoms with Crippen molar-refractivity contribution in [3.05, 3.63) is 84.3 Å². The van der Waals surface area contributed by atoms with Crippen molar-refractivity contribution in [3.63, 3.8) is 0 Å². The summed E-state index contributed by atoms with van der Waals surface area (Å²) in [6.07, 6.45) is 3.33. The minimum absolute atomic E-state index is 0.227. The van der Waals surface area contributed by atoms with Crippen LogP contribution in [0.5, 0.6) is 0 Å². The van der Waals surface area contributed by atoms with Gasteiger partial charge in [0.15, 0.2) is 5.65 Å². The number of aryl methyl sites for hydroxylation is 1. The largest absolute Gasteiger partial charge is 0.337 e. The third kappa shape index (κ3) is 4.27. The number of aromatic nitrogens is 3. The van der Waals surface area contributed by atoms with Gasteiger partial charge >= 0.3 is 6.03 Å². The molecular formula is C23H23N5O. The van der Waals surface area contributed by atoms with Crippen molar-refractivity contribution in [1.82, 2.24) is 19.9 Å². The van der Waals surface area contributed by atoms with Crippen LogP contribution in [0.1, 0.15) is 18.3 Å². The lowest BCUT2D eigenvalue weighted by molar-refractivity contribution is 0.252. The van der Waals surface area contributed by atoms with Gasteiger partial charge in [-0.05, 0) is 48.4 Å². The molecular weight excluding hydrogens is 362 g/mol. The summed E-state index contributed by atoms with van der Waals surface area (Å²) >= 11 is 0. The number of imidazole rings is 1. The van der Waals surface area contributed by atoms with E-state index in [9.17, 15) is 4.79 Å². The number of rotatable bonds is 6. The van der Waals surface area contributed by atoms with Gasteiger partial charge in [-0.2, -0.15) is 0 Å². The van der Waals surface area contributed by atoms with Crippen LogP contribution in [0.4, 0.5) is 10.5 Å². The first kappa shape index (κ1) is 18.7. The molecule has 29 heavy (non-hydrogen) atoms. The van der Waals surface area contributed by atoms with Gasteiger partial charge in [0.25, 0.3) is 0 Å². The summed E-state index contributed by atoms with van der Waals surface area (Å²) in [6.45, 7) is 2.57. The van der Waals surface area contributed by atoms with E-state index in [4.69, 9.17) is 4.98 Å². The van der Waals surface area contributed by atoms with Gasteiger partial charge in [0, 0.05) is 30.5 Å². The Bertz CT molecular complexity index is 1100. The average Bonchev–Trinajstić information content (AvgIpc) is 3.13. The molecule has 0 fully saturated rings. The quantitative estimate of drug-likeness (QED) is 0.518. The second-order valence-corrected chi connectivity index (χ2v) is 6.73. The van der Waals surface area contributed by atoms with E-state index in [1.165, 1.54) is 5.56 Å². The van der Waals surface area contributed by atoms with Crippen LogP contribution >= 0.6 is 0 Å². The standard InChI is InChI=1S/C23H23N5O/c1-2-17-10-12-18(13-11-17)26-23(29)25-16-14-21-27-20-9-6-15-24-22(20)28(21)19-7-4-3-5-8-19/h3-13,15H,2,14,16H2,1H3,(H2,25,26,29). The van der Waals surface area contributed by atoms with Crippen LogP contribution in [-0.4, -0.2) is 27.1 Å². The number of carbonyl (C=O) groups excluding carboxylic acids is 1. The van der Waals surface area contributed by atoms with E-state index in [0.29, 0.717) is 13.0 Å². The lowest BCUT2D eigenvalue weighted by Gasteiger charge is -2.10. The first-order valence-corrected chi connectivity index (χ1v) is 9.76. The van der Waals surface area contributed by atoms with Gasteiger partial charge < -0.3 is 10.6 Å². The van der Waals surface area contributed by atoms with Crippen LogP contribution < -0.4 is 10.6 Å². The highest BCUT2D eigenvalue weighted by Crippen LogP contribution is 2.19. The number of hydrogen-bond acceptors (Lipinski definition) is 3. The van der Waals surface area contributed by atoms with Crippen molar-refractivity contribution in [1.29, 1.82) is 0 Å². The Morgan fingerprint density at radius 3 is 2.55 bits per heavy atom. The molecule has 0 aliphatic heterocycles. The van der Waals surface area contributed by atoms with Crippen LogP contribution in [0, 0.1) is 0 Å². The number of nitrogens with zero attached hydrogens (tertiary/aromatic N) is 3. The summed E-state index contributed by atoms with van der Waals surface area (Å²) in [5.74, 6) is 0.859. The van der Waals surface area contributed by atoms with Crippen molar-refractivity contribution in [3.8, 4) is 5.69 Å². The lowest BCUT2D eigenvalue weighted by atomic mass is 10.1. The van der Waals surface area contributed by atoms with E-state index in [0.717, 1.165) is 34.8 Å². The molecule has 2 aromatic heterocycles. The Balaban J connectivity index is 1.45. The molecule has 2 heterocycles. The highest BCUT2D eigenvalue weighted by Gasteiger charge is 2.13. The number of nitrogens with one attached hydrogen (secondary N) is 2. The number of hydrogen-bond donors (Lipinski definition) is 2. The van der Waals surface area contributed by atoms with Gasteiger partial charge in [0.2, 0.25) is 0 Å². The first-order valence-electron chi connectivity index (χ1n) is 9.76. The van der Waals surface area contributed by atoms with E-state index in [2.05, 4.69) is 22.5 Å². The third-order valence-electron chi connectivity index (χ3n) is 4.75. The highest BCUT2D eigenvalue weighted by atomic mass is 16.2. The van der Waals surface area contributed by atoms with E-state index in [1.807, 2.05) is 71.3 Å². The minimum atomic E-state index is -0.227. The van der Waals surface area contributed by atoms with Crippen LogP contribution in [0.3, 0.4) is 0 Å². The SMILES string of the molecule is CCc1ccc(NC(=O)NCCc2nc3cccnc3n2-c2ccccc2)cc1. The van der Waals surface area contributed by atoms with Gasteiger partial charge in [-0.15, -0.1) is 0 Å². The molecule has 4 rings (SSSR count). The molecule has 0 radical (unpaired) electrons. The predicted molar refractivity (Wildman–Crippen MR) is 115 cm³/mol. The molecule has 0 spiro atoms. The van der Waals surface area contributed by atoms with Crippen molar-refractivity contribution >= 4 is 22.9 Å². The van der Waals surface area contributed by atoms with E-state index in [1.54, 1.807) is 6.20 Å². The van der Waals surface area contributed by atoms with Crippen molar-refractivity contribution in [2.24, 2.45) is 0 Å². The van der Waals surface area contributed by atoms with Gasteiger partial charge in [-0.1, -0.05) is 37.3 Å². The summed E-state index contributed by atoms with van der Waals surface area (Å²) in [5, 5.41) is 5.77.